The van der Waals surface area contributed by atoms with Gasteiger partial charge in [-0.15, -0.1) is 0 Å². The molecule has 0 saturated carbocycles. The molecule has 90 valence electrons. The van der Waals surface area contributed by atoms with Crippen molar-refractivity contribution in [3.05, 3.63) is 35.4 Å². The van der Waals surface area contributed by atoms with Crippen LogP contribution in [-0.2, 0) is 11.2 Å². The molecule has 16 heavy (non-hydrogen) atoms. The lowest BCUT2D eigenvalue weighted by atomic mass is 9.94. The van der Waals surface area contributed by atoms with Crippen molar-refractivity contribution in [2.75, 3.05) is 19.0 Å². The lowest BCUT2D eigenvalue weighted by Gasteiger charge is -2.15. The van der Waals surface area contributed by atoms with Crippen LogP contribution in [0, 0.1) is 12.8 Å². The molecule has 0 aliphatic carbocycles. The molecule has 1 nitrogen and oxygen atoms in total. The van der Waals surface area contributed by atoms with Gasteiger partial charge in [0.2, 0.25) is 0 Å². The van der Waals surface area contributed by atoms with Crippen molar-refractivity contribution in [2.45, 2.75) is 26.2 Å². The summed E-state index contributed by atoms with van der Waals surface area (Å²) in [6.07, 6.45) is 3.55. The third-order valence-electron chi connectivity index (χ3n) is 2.95. The average Bonchev–Trinajstić information content (AvgIpc) is 2.30. The molecule has 0 aliphatic heterocycles. The van der Waals surface area contributed by atoms with Gasteiger partial charge in [-0.2, -0.15) is 0 Å². The van der Waals surface area contributed by atoms with E-state index in [-0.39, 0.29) is 0 Å². The van der Waals surface area contributed by atoms with Gasteiger partial charge in [0.25, 0.3) is 0 Å². The molecule has 0 N–H and O–H groups in total. The Hall–Kier alpha value is -0.340. The first-order valence-electron chi connectivity index (χ1n) is 5.87. The Balaban J connectivity index is 2.46. The molecule has 0 bridgehead atoms. The minimum Gasteiger partial charge on any atom is -0.385 e. The summed E-state index contributed by atoms with van der Waals surface area (Å²) in [6.45, 7) is 3.06. The summed E-state index contributed by atoms with van der Waals surface area (Å²) in [4.78, 5) is 0. The van der Waals surface area contributed by atoms with Gasteiger partial charge in [-0.3, -0.25) is 0 Å². The van der Waals surface area contributed by atoms with E-state index < -0.39 is 0 Å². The summed E-state index contributed by atoms with van der Waals surface area (Å²) >= 11 is 3.61. The zero-order valence-electron chi connectivity index (χ0n) is 10.2. The van der Waals surface area contributed by atoms with E-state index in [9.17, 15) is 0 Å². The van der Waals surface area contributed by atoms with E-state index in [1.807, 2.05) is 0 Å². The number of hydrogen-bond acceptors (Lipinski definition) is 1. The van der Waals surface area contributed by atoms with Gasteiger partial charge in [0, 0.05) is 19.0 Å². The van der Waals surface area contributed by atoms with Crippen molar-refractivity contribution in [3.63, 3.8) is 0 Å². The fraction of sp³-hybridized carbons (Fsp3) is 0.571. The van der Waals surface area contributed by atoms with Crippen molar-refractivity contribution in [1.29, 1.82) is 0 Å². The molecule has 0 aromatic heterocycles. The van der Waals surface area contributed by atoms with Crippen molar-refractivity contribution >= 4 is 15.9 Å². The number of aryl methyl sites for hydroxylation is 1. The van der Waals surface area contributed by atoms with Gasteiger partial charge < -0.3 is 4.74 Å². The highest BCUT2D eigenvalue weighted by atomic mass is 79.9. The molecule has 0 aliphatic rings. The van der Waals surface area contributed by atoms with E-state index >= 15 is 0 Å². The molecule has 1 aromatic rings. The predicted octanol–water partition coefficient (Wildman–Crippen LogP) is 3.98. The van der Waals surface area contributed by atoms with Crippen LogP contribution in [0.4, 0.5) is 0 Å². The van der Waals surface area contributed by atoms with Crippen molar-refractivity contribution in [2.24, 2.45) is 5.92 Å². The summed E-state index contributed by atoms with van der Waals surface area (Å²) < 4.78 is 5.10. The van der Waals surface area contributed by atoms with Gasteiger partial charge in [-0.25, -0.2) is 0 Å². The smallest absolute Gasteiger partial charge is 0.0462 e. The van der Waals surface area contributed by atoms with E-state index in [0.717, 1.165) is 24.3 Å². The van der Waals surface area contributed by atoms with Crippen molar-refractivity contribution in [1.82, 2.24) is 0 Å². The molecule has 0 radical (unpaired) electrons. The summed E-state index contributed by atoms with van der Waals surface area (Å²) in [5, 5.41) is 1.07. The Labute approximate surface area is 107 Å². The maximum absolute atomic E-state index is 5.10. The molecule has 0 amide bonds. The SMILES string of the molecule is COCCCC(CBr)Cc1ccccc1C. The minimum atomic E-state index is 0.719. The highest BCUT2D eigenvalue weighted by molar-refractivity contribution is 9.09. The van der Waals surface area contributed by atoms with E-state index in [0.29, 0.717) is 0 Å². The van der Waals surface area contributed by atoms with E-state index in [4.69, 9.17) is 4.74 Å². The molecule has 0 saturated heterocycles. The zero-order valence-corrected chi connectivity index (χ0v) is 11.8. The second-order valence-corrected chi connectivity index (χ2v) is 4.93. The quantitative estimate of drug-likeness (QED) is 0.544. The minimum absolute atomic E-state index is 0.719. The van der Waals surface area contributed by atoms with Crippen LogP contribution in [0.15, 0.2) is 24.3 Å². The number of alkyl halides is 1. The first-order valence-corrected chi connectivity index (χ1v) is 6.99. The van der Waals surface area contributed by atoms with Crippen LogP contribution in [0.2, 0.25) is 0 Å². The van der Waals surface area contributed by atoms with Crippen molar-refractivity contribution in [3.8, 4) is 0 Å². The van der Waals surface area contributed by atoms with Crippen molar-refractivity contribution < 1.29 is 4.74 Å². The van der Waals surface area contributed by atoms with E-state index in [2.05, 4.69) is 47.1 Å². The number of halogens is 1. The lowest BCUT2D eigenvalue weighted by Crippen LogP contribution is -2.08. The highest BCUT2D eigenvalue weighted by Gasteiger charge is 2.09. The molecule has 0 fully saturated rings. The Morgan fingerprint density at radius 1 is 1.31 bits per heavy atom. The van der Waals surface area contributed by atoms with Gasteiger partial charge in [0.15, 0.2) is 0 Å². The second kappa shape index (κ2) is 7.86. The molecule has 0 spiro atoms. The molecule has 0 heterocycles. The van der Waals surface area contributed by atoms with Gasteiger partial charge in [0.1, 0.15) is 0 Å². The standard InChI is InChI=1S/C14H21BrO/c1-12-6-3-4-8-14(12)10-13(11-15)7-5-9-16-2/h3-4,6,8,13H,5,7,9-11H2,1-2H3. The van der Waals surface area contributed by atoms with Crippen LogP contribution in [-0.4, -0.2) is 19.0 Å². The number of benzene rings is 1. The van der Waals surface area contributed by atoms with Gasteiger partial charge in [-0.05, 0) is 43.2 Å². The average molecular weight is 285 g/mol. The number of ether oxygens (including phenoxy) is 1. The predicted molar refractivity (Wildman–Crippen MR) is 73.3 cm³/mol. The molecule has 2 heteroatoms. The summed E-state index contributed by atoms with van der Waals surface area (Å²) in [5.41, 5.74) is 2.88. The van der Waals surface area contributed by atoms with Crippen LogP contribution in [0.1, 0.15) is 24.0 Å². The molecule has 1 atom stereocenters. The largest absolute Gasteiger partial charge is 0.385 e. The fourth-order valence-electron chi connectivity index (χ4n) is 1.90. The summed E-state index contributed by atoms with van der Waals surface area (Å²) in [7, 11) is 1.77. The Kier molecular flexibility index (Phi) is 6.74. The van der Waals surface area contributed by atoms with Crippen LogP contribution in [0.3, 0.4) is 0 Å². The number of methoxy groups -OCH3 is 1. The van der Waals surface area contributed by atoms with Gasteiger partial charge >= 0.3 is 0 Å². The first-order chi connectivity index (χ1) is 7.77. The van der Waals surface area contributed by atoms with Gasteiger partial charge in [-0.1, -0.05) is 40.2 Å². The van der Waals surface area contributed by atoms with Crippen LogP contribution < -0.4 is 0 Å². The molecule has 1 rings (SSSR count). The summed E-state index contributed by atoms with van der Waals surface area (Å²) in [6, 6.07) is 8.66. The van der Waals surface area contributed by atoms with E-state index in [1.165, 1.54) is 24.0 Å². The number of hydrogen-bond donors (Lipinski definition) is 0. The maximum Gasteiger partial charge on any atom is 0.0462 e. The monoisotopic (exact) mass is 284 g/mol. The van der Waals surface area contributed by atoms with Crippen LogP contribution in [0.5, 0.6) is 0 Å². The maximum atomic E-state index is 5.10. The second-order valence-electron chi connectivity index (χ2n) is 4.29. The normalized spacial score (nSPS) is 12.7. The van der Waals surface area contributed by atoms with Gasteiger partial charge in [0.05, 0.1) is 0 Å². The molecule has 1 aromatic carbocycles. The third-order valence-corrected chi connectivity index (χ3v) is 3.86. The highest BCUT2D eigenvalue weighted by Crippen LogP contribution is 2.19. The lowest BCUT2D eigenvalue weighted by molar-refractivity contribution is 0.188. The molecular formula is C14H21BrO. The first kappa shape index (κ1) is 13.7. The number of rotatable bonds is 7. The molecular weight excluding hydrogens is 264 g/mol. The summed E-state index contributed by atoms with van der Waals surface area (Å²) in [5.74, 6) is 0.719. The topological polar surface area (TPSA) is 9.23 Å². The Morgan fingerprint density at radius 3 is 2.69 bits per heavy atom. The van der Waals surface area contributed by atoms with Crippen LogP contribution >= 0.6 is 15.9 Å². The van der Waals surface area contributed by atoms with E-state index in [1.54, 1.807) is 7.11 Å². The van der Waals surface area contributed by atoms with Crippen LogP contribution in [0.25, 0.3) is 0 Å². The Bertz CT molecular complexity index is 299. The molecule has 1 unspecified atom stereocenters. The zero-order chi connectivity index (χ0) is 11.8. The third kappa shape index (κ3) is 4.67. The Morgan fingerprint density at radius 2 is 2.06 bits per heavy atom. The fourth-order valence-corrected chi connectivity index (χ4v) is 2.45.